The molecule has 0 rings (SSSR count). The molecule has 0 saturated heterocycles. The SMILES string of the molecule is CCN(C(=O)N(C)CCC(=O)OC)C(C)CC(=O)O. The minimum Gasteiger partial charge on any atom is -0.481 e. The fourth-order valence-corrected chi connectivity index (χ4v) is 1.67. The predicted molar refractivity (Wildman–Crippen MR) is 68.8 cm³/mol. The number of aliphatic carboxylic acids is 1. The summed E-state index contributed by atoms with van der Waals surface area (Å²) in [6.45, 7) is 4.12. The maximum atomic E-state index is 12.1. The molecule has 7 nitrogen and oxygen atoms in total. The molecule has 2 amide bonds. The van der Waals surface area contributed by atoms with Crippen LogP contribution in [0.3, 0.4) is 0 Å². The topological polar surface area (TPSA) is 87.2 Å². The van der Waals surface area contributed by atoms with E-state index in [-0.39, 0.29) is 31.4 Å². The number of carboxylic acids is 1. The van der Waals surface area contributed by atoms with Gasteiger partial charge in [0.2, 0.25) is 0 Å². The Morgan fingerprint density at radius 1 is 1.32 bits per heavy atom. The Bertz CT molecular complexity index is 332. The van der Waals surface area contributed by atoms with Gasteiger partial charge in [-0.15, -0.1) is 0 Å². The number of hydrogen-bond donors (Lipinski definition) is 1. The normalized spacial score (nSPS) is 11.6. The van der Waals surface area contributed by atoms with Crippen LogP contribution in [-0.2, 0) is 14.3 Å². The van der Waals surface area contributed by atoms with E-state index >= 15 is 0 Å². The average Bonchev–Trinajstić information content (AvgIpc) is 2.35. The minimum atomic E-state index is -0.948. The molecule has 0 radical (unpaired) electrons. The lowest BCUT2D eigenvalue weighted by Crippen LogP contribution is -2.46. The molecular formula is C12H22N2O5. The first kappa shape index (κ1) is 17.2. The molecule has 0 spiro atoms. The number of ether oxygens (including phenoxy) is 1. The number of nitrogens with zero attached hydrogens (tertiary/aromatic N) is 2. The highest BCUT2D eigenvalue weighted by molar-refractivity contribution is 5.77. The van der Waals surface area contributed by atoms with Crippen LogP contribution in [-0.4, -0.2) is 66.2 Å². The largest absolute Gasteiger partial charge is 0.481 e. The third-order valence-corrected chi connectivity index (χ3v) is 2.79. The molecule has 0 aliphatic heterocycles. The van der Waals surface area contributed by atoms with Crippen LogP contribution in [0.25, 0.3) is 0 Å². The van der Waals surface area contributed by atoms with Crippen molar-refractivity contribution < 1.29 is 24.2 Å². The molecular weight excluding hydrogens is 252 g/mol. The van der Waals surface area contributed by atoms with Gasteiger partial charge in [-0.1, -0.05) is 0 Å². The second-order valence-electron chi connectivity index (χ2n) is 4.26. The van der Waals surface area contributed by atoms with Gasteiger partial charge in [0.15, 0.2) is 0 Å². The molecule has 0 aromatic heterocycles. The number of amides is 2. The maximum absolute atomic E-state index is 12.1. The van der Waals surface area contributed by atoms with Gasteiger partial charge in [0.05, 0.1) is 20.0 Å². The summed E-state index contributed by atoms with van der Waals surface area (Å²) < 4.78 is 4.50. The summed E-state index contributed by atoms with van der Waals surface area (Å²) in [7, 11) is 2.86. The quantitative estimate of drug-likeness (QED) is 0.693. The van der Waals surface area contributed by atoms with E-state index in [1.54, 1.807) is 20.9 Å². The summed E-state index contributed by atoms with van der Waals surface area (Å²) in [5.74, 6) is -1.34. The van der Waals surface area contributed by atoms with Crippen molar-refractivity contribution >= 4 is 18.0 Å². The van der Waals surface area contributed by atoms with Crippen molar-refractivity contribution in [1.82, 2.24) is 9.80 Å². The Kier molecular flexibility index (Phi) is 7.55. The van der Waals surface area contributed by atoms with Crippen molar-refractivity contribution in [2.45, 2.75) is 32.7 Å². The summed E-state index contributed by atoms with van der Waals surface area (Å²) in [6.07, 6.45) is 0.00796. The van der Waals surface area contributed by atoms with Crippen LogP contribution in [0, 0.1) is 0 Å². The summed E-state index contributed by atoms with van der Waals surface area (Å²) in [5, 5.41) is 8.74. The molecule has 0 heterocycles. The van der Waals surface area contributed by atoms with E-state index in [1.165, 1.54) is 16.9 Å². The number of urea groups is 1. The van der Waals surface area contributed by atoms with Crippen molar-refractivity contribution in [1.29, 1.82) is 0 Å². The van der Waals surface area contributed by atoms with Crippen molar-refractivity contribution in [2.75, 3.05) is 27.2 Å². The Balaban J connectivity index is 4.48. The van der Waals surface area contributed by atoms with Crippen LogP contribution in [0.4, 0.5) is 4.79 Å². The van der Waals surface area contributed by atoms with E-state index < -0.39 is 12.0 Å². The zero-order valence-corrected chi connectivity index (χ0v) is 11.9. The lowest BCUT2D eigenvalue weighted by atomic mass is 10.2. The third-order valence-electron chi connectivity index (χ3n) is 2.79. The summed E-state index contributed by atoms with van der Waals surface area (Å²) >= 11 is 0. The lowest BCUT2D eigenvalue weighted by Gasteiger charge is -2.31. The second kappa shape index (κ2) is 8.34. The number of rotatable bonds is 7. The van der Waals surface area contributed by atoms with Gasteiger partial charge in [0.25, 0.3) is 0 Å². The van der Waals surface area contributed by atoms with Crippen LogP contribution in [0.5, 0.6) is 0 Å². The van der Waals surface area contributed by atoms with Gasteiger partial charge in [0, 0.05) is 26.2 Å². The Hall–Kier alpha value is -1.79. The summed E-state index contributed by atoms with van der Waals surface area (Å²) in [6, 6.07) is -0.685. The lowest BCUT2D eigenvalue weighted by molar-refractivity contribution is -0.140. The van der Waals surface area contributed by atoms with Gasteiger partial charge in [-0.25, -0.2) is 4.79 Å². The number of esters is 1. The van der Waals surface area contributed by atoms with Crippen LogP contribution in [0.15, 0.2) is 0 Å². The first-order chi connectivity index (χ1) is 8.83. The standard InChI is InChI=1S/C12H22N2O5/c1-5-14(9(2)8-10(15)16)12(18)13(3)7-6-11(17)19-4/h9H,5-8H2,1-4H3,(H,15,16). The highest BCUT2D eigenvalue weighted by Gasteiger charge is 2.23. The monoisotopic (exact) mass is 274 g/mol. The Labute approximate surface area is 113 Å². The molecule has 0 aliphatic carbocycles. The molecule has 0 aliphatic rings. The van der Waals surface area contributed by atoms with Crippen molar-refractivity contribution in [3.05, 3.63) is 0 Å². The molecule has 1 N–H and O–H groups in total. The number of carbonyl (C=O) groups is 3. The zero-order chi connectivity index (χ0) is 15.0. The first-order valence-corrected chi connectivity index (χ1v) is 6.13. The maximum Gasteiger partial charge on any atom is 0.319 e. The molecule has 7 heteroatoms. The smallest absolute Gasteiger partial charge is 0.319 e. The predicted octanol–water partition coefficient (Wildman–Crippen LogP) is 0.786. The fraction of sp³-hybridized carbons (Fsp3) is 0.750. The van der Waals surface area contributed by atoms with Crippen LogP contribution in [0.2, 0.25) is 0 Å². The summed E-state index contributed by atoms with van der Waals surface area (Å²) in [4.78, 5) is 36.6. The van der Waals surface area contributed by atoms with Crippen LogP contribution >= 0.6 is 0 Å². The summed E-state index contributed by atoms with van der Waals surface area (Å²) in [5.41, 5.74) is 0. The Morgan fingerprint density at radius 2 is 1.89 bits per heavy atom. The van der Waals surface area contributed by atoms with E-state index in [1.807, 2.05) is 0 Å². The first-order valence-electron chi connectivity index (χ1n) is 6.13. The molecule has 1 unspecified atom stereocenters. The Morgan fingerprint density at radius 3 is 2.32 bits per heavy atom. The van der Waals surface area contributed by atoms with E-state index in [0.717, 1.165) is 0 Å². The van der Waals surface area contributed by atoms with Crippen LogP contribution < -0.4 is 0 Å². The average molecular weight is 274 g/mol. The fourth-order valence-electron chi connectivity index (χ4n) is 1.67. The number of methoxy groups -OCH3 is 1. The highest BCUT2D eigenvalue weighted by atomic mass is 16.5. The van der Waals surface area contributed by atoms with E-state index in [4.69, 9.17) is 5.11 Å². The number of hydrogen-bond acceptors (Lipinski definition) is 4. The van der Waals surface area contributed by atoms with Gasteiger partial charge < -0.3 is 19.6 Å². The minimum absolute atomic E-state index is 0.107. The molecule has 0 saturated carbocycles. The van der Waals surface area contributed by atoms with Gasteiger partial charge in [-0.3, -0.25) is 9.59 Å². The number of carboxylic acid groups (broad SMARTS) is 1. The van der Waals surface area contributed by atoms with Gasteiger partial charge in [-0.2, -0.15) is 0 Å². The molecule has 110 valence electrons. The van der Waals surface area contributed by atoms with Crippen molar-refractivity contribution in [2.24, 2.45) is 0 Å². The molecule has 0 aromatic carbocycles. The molecule has 0 fully saturated rings. The molecule has 0 aromatic rings. The molecule has 0 bridgehead atoms. The van der Waals surface area contributed by atoms with Crippen molar-refractivity contribution in [3.63, 3.8) is 0 Å². The van der Waals surface area contributed by atoms with Gasteiger partial charge in [-0.05, 0) is 13.8 Å². The molecule has 19 heavy (non-hydrogen) atoms. The molecule has 1 atom stereocenters. The third kappa shape index (κ3) is 6.08. The van der Waals surface area contributed by atoms with Gasteiger partial charge >= 0.3 is 18.0 Å². The van der Waals surface area contributed by atoms with E-state index in [9.17, 15) is 14.4 Å². The van der Waals surface area contributed by atoms with Crippen LogP contribution in [0.1, 0.15) is 26.7 Å². The van der Waals surface area contributed by atoms with Gasteiger partial charge in [0.1, 0.15) is 0 Å². The van der Waals surface area contributed by atoms with Crippen molar-refractivity contribution in [3.8, 4) is 0 Å². The van der Waals surface area contributed by atoms with E-state index in [0.29, 0.717) is 6.54 Å². The number of carbonyl (C=O) groups excluding carboxylic acids is 2. The highest BCUT2D eigenvalue weighted by Crippen LogP contribution is 2.07. The van der Waals surface area contributed by atoms with E-state index in [2.05, 4.69) is 4.74 Å². The zero-order valence-electron chi connectivity index (χ0n) is 11.9. The second-order valence-corrected chi connectivity index (χ2v) is 4.26.